The van der Waals surface area contributed by atoms with Gasteiger partial charge in [0.1, 0.15) is 6.10 Å². The van der Waals surface area contributed by atoms with E-state index in [1.54, 1.807) is 0 Å². The Hall–Kier alpha value is -2.17. The van der Waals surface area contributed by atoms with Crippen molar-refractivity contribution in [1.82, 2.24) is 0 Å². The molecule has 3 nitrogen and oxygen atoms in total. The van der Waals surface area contributed by atoms with Crippen LogP contribution in [0.4, 0.5) is 0 Å². The van der Waals surface area contributed by atoms with Gasteiger partial charge in [0, 0.05) is 12.7 Å². The van der Waals surface area contributed by atoms with Gasteiger partial charge in [0.2, 0.25) is 0 Å². The van der Waals surface area contributed by atoms with E-state index in [0.717, 1.165) is 6.42 Å². The summed E-state index contributed by atoms with van der Waals surface area (Å²) in [4.78, 5) is 11.3. The van der Waals surface area contributed by atoms with Crippen LogP contribution >= 0.6 is 0 Å². The molecule has 4 heteroatoms. The predicted molar refractivity (Wildman–Crippen MR) is 116 cm³/mol. The van der Waals surface area contributed by atoms with Crippen LogP contribution in [0.5, 0.6) is 0 Å². The lowest BCUT2D eigenvalue weighted by molar-refractivity contribution is -0.139. The second-order valence-electron chi connectivity index (χ2n) is 8.65. The molecule has 1 heterocycles. The maximum Gasteiger partial charge on any atom is 0.331 e. The van der Waals surface area contributed by atoms with Crippen LogP contribution in [0.1, 0.15) is 34.1 Å². The highest BCUT2D eigenvalue weighted by Crippen LogP contribution is 2.37. The van der Waals surface area contributed by atoms with Crippen LogP contribution < -0.4 is 10.4 Å². The van der Waals surface area contributed by atoms with E-state index in [4.69, 9.17) is 9.16 Å². The number of benzene rings is 2. The Morgan fingerprint density at radius 1 is 1.00 bits per heavy atom. The van der Waals surface area contributed by atoms with Gasteiger partial charge in [-0.05, 0) is 33.8 Å². The maximum atomic E-state index is 11.3. The van der Waals surface area contributed by atoms with Gasteiger partial charge in [-0.1, -0.05) is 88.4 Å². The highest BCUT2D eigenvalue weighted by Gasteiger charge is 2.50. The average molecular weight is 395 g/mol. The fourth-order valence-corrected chi connectivity index (χ4v) is 8.72. The van der Waals surface area contributed by atoms with Crippen LogP contribution in [0, 0.1) is 5.92 Å². The molecule has 2 aromatic rings. The molecule has 0 N–H and O–H groups in total. The molecule has 2 atom stereocenters. The van der Waals surface area contributed by atoms with Crippen molar-refractivity contribution in [3.63, 3.8) is 0 Å². The molecule has 0 spiro atoms. The van der Waals surface area contributed by atoms with Gasteiger partial charge in [-0.2, -0.15) is 0 Å². The SMILES string of the molecule is C[C@H](CO[Si](c1ccccc1)(c1ccccc1)C(C)(C)C)C[C@H]1C=CC(=O)O1. The minimum absolute atomic E-state index is 0.0326. The normalized spacial score (nSPS) is 18.1. The number of ether oxygens (including phenoxy) is 1. The van der Waals surface area contributed by atoms with Gasteiger partial charge in [-0.25, -0.2) is 4.79 Å². The third-order valence-electron chi connectivity index (χ3n) is 5.35. The smallest absolute Gasteiger partial charge is 0.331 e. The number of esters is 1. The molecule has 3 rings (SSSR count). The number of cyclic esters (lactones) is 1. The third-order valence-corrected chi connectivity index (χ3v) is 10.4. The highest BCUT2D eigenvalue weighted by molar-refractivity contribution is 6.99. The molecule has 0 saturated heterocycles. The lowest BCUT2D eigenvalue weighted by Crippen LogP contribution is -2.66. The first-order chi connectivity index (χ1) is 13.3. The van der Waals surface area contributed by atoms with Gasteiger partial charge >= 0.3 is 5.97 Å². The number of hydrogen-bond acceptors (Lipinski definition) is 3. The van der Waals surface area contributed by atoms with E-state index in [2.05, 4.69) is 88.4 Å². The van der Waals surface area contributed by atoms with Crippen molar-refractivity contribution in [2.45, 2.75) is 45.3 Å². The van der Waals surface area contributed by atoms with Crippen LogP contribution in [-0.4, -0.2) is 27.0 Å². The largest absolute Gasteiger partial charge is 0.455 e. The van der Waals surface area contributed by atoms with E-state index < -0.39 is 8.32 Å². The van der Waals surface area contributed by atoms with Crippen molar-refractivity contribution in [2.24, 2.45) is 5.92 Å². The lowest BCUT2D eigenvalue weighted by Gasteiger charge is -2.43. The van der Waals surface area contributed by atoms with E-state index in [9.17, 15) is 4.79 Å². The standard InChI is InChI=1S/C24H30O3Si/c1-19(17-20-15-16-23(25)27-20)18-26-28(24(2,3)4,21-11-7-5-8-12-21)22-13-9-6-10-14-22/h5-16,19-20H,17-18H2,1-4H3/t19-,20+/m0/s1. The summed E-state index contributed by atoms with van der Waals surface area (Å²) in [6, 6.07) is 21.3. The van der Waals surface area contributed by atoms with Crippen LogP contribution in [0.2, 0.25) is 5.04 Å². The number of carbonyl (C=O) groups excluding carboxylic acids is 1. The predicted octanol–water partition coefficient (Wildman–Crippen LogP) is 4.07. The Labute approximate surface area is 169 Å². The fourth-order valence-electron chi connectivity index (χ4n) is 4.03. The Bertz CT molecular complexity index is 769. The topological polar surface area (TPSA) is 35.5 Å². The first-order valence-electron chi connectivity index (χ1n) is 9.97. The lowest BCUT2D eigenvalue weighted by atomic mass is 10.1. The minimum Gasteiger partial charge on any atom is -0.455 e. The fraction of sp³-hybridized carbons (Fsp3) is 0.375. The van der Waals surface area contributed by atoms with E-state index in [1.165, 1.54) is 16.4 Å². The molecule has 0 bridgehead atoms. The monoisotopic (exact) mass is 394 g/mol. The number of carbonyl (C=O) groups is 1. The highest BCUT2D eigenvalue weighted by atomic mass is 28.4. The summed E-state index contributed by atoms with van der Waals surface area (Å²) in [5, 5.41) is 2.54. The average Bonchev–Trinajstić information content (AvgIpc) is 3.07. The molecule has 1 aliphatic rings. The summed E-state index contributed by atoms with van der Waals surface area (Å²) in [6.45, 7) is 9.65. The van der Waals surface area contributed by atoms with Crippen molar-refractivity contribution in [3.05, 3.63) is 72.8 Å². The maximum absolute atomic E-state index is 11.3. The molecule has 28 heavy (non-hydrogen) atoms. The van der Waals surface area contributed by atoms with Gasteiger partial charge < -0.3 is 9.16 Å². The summed E-state index contributed by atoms with van der Waals surface area (Å²) in [6.07, 6.45) is 4.01. The summed E-state index contributed by atoms with van der Waals surface area (Å²) >= 11 is 0. The van der Waals surface area contributed by atoms with Crippen molar-refractivity contribution in [3.8, 4) is 0 Å². The summed E-state index contributed by atoms with van der Waals surface area (Å²) in [5.74, 6) is 0.0345. The molecule has 0 fully saturated rings. The van der Waals surface area contributed by atoms with E-state index in [1.807, 2.05) is 6.08 Å². The first kappa shape index (κ1) is 20.6. The Morgan fingerprint density at radius 2 is 1.54 bits per heavy atom. The van der Waals surface area contributed by atoms with Crippen molar-refractivity contribution in [1.29, 1.82) is 0 Å². The van der Waals surface area contributed by atoms with Crippen molar-refractivity contribution < 1.29 is 14.0 Å². The summed E-state index contributed by atoms with van der Waals surface area (Å²) in [7, 11) is -2.51. The van der Waals surface area contributed by atoms with Gasteiger partial charge in [-0.15, -0.1) is 0 Å². The molecule has 0 radical (unpaired) electrons. The molecule has 0 saturated carbocycles. The molecule has 0 unspecified atom stereocenters. The van der Waals surface area contributed by atoms with E-state index >= 15 is 0 Å². The van der Waals surface area contributed by atoms with Crippen LogP contribution in [0.3, 0.4) is 0 Å². The van der Waals surface area contributed by atoms with Crippen LogP contribution in [0.15, 0.2) is 72.8 Å². The summed E-state index contributed by atoms with van der Waals surface area (Å²) in [5.41, 5.74) is 0. The molecule has 0 aliphatic carbocycles. The molecule has 2 aromatic carbocycles. The van der Waals surface area contributed by atoms with Gasteiger partial charge in [0.15, 0.2) is 0 Å². The van der Waals surface area contributed by atoms with E-state index in [-0.39, 0.29) is 23.0 Å². The van der Waals surface area contributed by atoms with Crippen molar-refractivity contribution >= 4 is 24.7 Å². The summed E-state index contributed by atoms with van der Waals surface area (Å²) < 4.78 is 12.2. The number of hydrogen-bond donors (Lipinski definition) is 0. The zero-order valence-electron chi connectivity index (χ0n) is 17.2. The first-order valence-corrected chi connectivity index (χ1v) is 11.9. The zero-order chi connectivity index (χ0) is 20.2. The second kappa shape index (κ2) is 8.46. The van der Waals surface area contributed by atoms with Crippen LogP contribution in [0.25, 0.3) is 0 Å². The Balaban J connectivity index is 1.90. The quantitative estimate of drug-likeness (QED) is 0.525. The third kappa shape index (κ3) is 4.29. The molecule has 1 aliphatic heterocycles. The van der Waals surface area contributed by atoms with Gasteiger partial charge in [0.05, 0.1) is 0 Å². The molecular weight excluding hydrogens is 364 g/mol. The molecule has 0 aromatic heterocycles. The van der Waals surface area contributed by atoms with Crippen molar-refractivity contribution in [2.75, 3.05) is 6.61 Å². The van der Waals surface area contributed by atoms with Gasteiger partial charge in [-0.3, -0.25) is 0 Å². The Kier molecular flexibility index (Phi) is 6.21. The zero-order valence-corrected chi connectivity index (χ0v) is 18.2. The van der Waals surface area contributed by atoms with E-state index in [0.29, 0.717) is 6.61 Å². The Morgan fingerprint density at radius 3 is 1.96 bits per heavy atom. The van der Waals surface area contributed by atoms with Crippen LogP contribution in [-0.2, 0) is 14.0 Å². The molecular formula is C24H30O3Si. The molecule has 0 amide bonds. The second-order valence-corrected chi connectivity index (χ2v) is 13.0. The molecule has 148 valence electrons. The minimum atomic E-state index is -2.51. The van der Waals surface area contributed by atoms with Gasteiger partial charge in [0.25, 0.3) is 8.32 Å². The number of rotatable bonds is 7.